The number of para-hydroxylation sites is 2. The Kier molecular flexibility index (Phi) is 5.90. The third kappa shape index (κ3) is 4.69. The lowest BCUT2D eigenvalue weighted by Gasteiger charge is -2.25. The first kappa shape index (κ1) is 20.7. The minimum Gasteiger partial charge on any atom is -0.478 e. The number of nitrogens with zero attached hydrogens (tertiary/aromatic N) is 1. The van der Waals surface area contributed by atoms with Crippen LogP contribution < -0.4 is 15.4 Å². The van der Waals surface area contributed by atoms with Gasteiger partial charge in [-0.25, -0.2) is 0 Å². The number of nitro groups is 1. The Hall–Kier alpha value is -4.02. The number of hydrogen-bond acceptors (Lipinski definition) is 7. The molecule has 0 spiro atoms. The van der Waals surface area contributed by atoms with E-state index in [4.69, 9.17) is 9.47 Å². The summed E-state index contributed by atoms with van der Waals surface area (Å²) in [7, 11) is 0. The van der Waals surface area contributed by atoms with Crippen LogP contribution >= 0.6 is 0 Å². The molecule has 2 aromatic rings. The van der Waals surface area contributed by atoms with Crippen LogP contribution in [-0.4, -0.2) is 34.9 Å². The topological polar surface area (TPSA) is 137 Å². The Bertz CT molecular complexity index is 1030. The molecule has 0 saturated heterocycles. The van der Waals surface area contributed by atoms with Crippen molar-refractivity contribution >= 4 is 34.8 Å². The van der Waals surface area contributed by atoms with Crippen LogP contribution in [0.4, 0.5) is 21.5 Å². The smallest absolute Gasteiger partial charge is 0.310 e. The molecule has 2 unspecified atom stereocenters. The van der Waals surface area contributed by atoms with E-state index in [9.17, 15) is 28.9 Å². The number of hydrogen-bond donors (Lipinski definition) is 2. The summed E-state index contributed by atoms with van der Waals surface area (Å²) in [5, 5.41) is 15.7. The maximum Gasteiger partial charge on any atom is 0.310 e. The van der Waals surface area contributed by atoms with E-state index in [0.29, 0.717) is 11.4 Å². The third-order valence-corrected chi connectivity index (χ3v) is 4.15. The van der Waals surface area contributed by atoms with Gasteiger partial charge in [-0.1, -0.05) is 12.1 Å². The zero-order chi connectivity index (χ0) is 21.8. The van der Waals surface area contributed by atoms with Crippen molar-refractivity contribution in [3.05, 3.63) is 58.4 Å². The van der Waals surface area contributed by atoms with Crippen molar-refractivity contribution in [1.29, 1.82) is 0 Å². The lowest BCUT2D eigenvalue weighted by molar-refractivity contribution is -0.387. The first-order chi connectivity index (χ1) is 14.2. The van der Waals surface area contributed by atoms with Crippen molar-refractivity contribution in [3.8, 4) is 5.75 Å². The molecule has 2 atom stereocenters. The second-order valence-corrected chi connectivity index (χ2v) is 6.34. The molecule has 1 aliphatic rings. The fourth-order valence-electron chi connectivity index (χ4n) is 2.65. The van der Waals surface area contributed by atoms with Gasteiger partial charge in [-0.2, -0.15) is 4.39 Å². The van der Waals surface area contributed by atoms with E-state index < -0.39 is 52.8 Å². The molecule has 156 valence electrons. The molecule has 2 N–H and O–H groups in total. The number of ether oxygens (including phenoxy) is 2. The zero-order valence-corrected chi connectivity index (χ0v) is 15.6. The largest absolute Gasteiger partial charge is 0.478 e. The molecule has 10 nitrogen and oxygen atoms in total. The quantitative estimate of drug-likeness (QED) is 0.418. The Balaban J connectivity index is 1.57. The molecule has 2 amide bonds. The van der Waals surface area contributed by atoms with Crippen molar-refractivity contribution < 1.29 is 33.2 Å². The lowest BCUT2D eigenvalue weighted by Crippen LogP contribution is -2.40. The monoisotopic (exact) mass is 417 g/mol. The number of rotatable bonds is 6. The SMILES string of the molecule is CC(OC(=O)CC1Oc2ccccc2NC1=O)C(=O)Nc1ccc(F)c([N+](=O)[O-])c1. The van der Waals surface area contributed by atoms with Crippen LogP contribution in [0.3, 0.4) is 0 Å². The highest BCUT2D eigenvalue weighted by Gasteiger charge is 2.31. The van der Waals surface area contributed by atoms with E-state index in [-0.39, 0.29) is 5.69 Å². The van der Waals surface area contributed by atoms with Gasteiger partial charge in [0.25, 0.3) is 11.8 Å². The molecular formula is C19H16FN3O7. The fourth-order valence-corrected chi connectivity index (χ4v) is 2.65. The molecule has 2 aromatic carbocycles. The first-order valence-corrected chi connectivity index (χ1v) is 8.75. The summed E-state index contributed by atoms with van der Waals surface area (Å²) in [5.41, 5.74) is -0.367. The van der Waals surface area contributed by atoms with Crippen molar-refractivity contribution in [1.82, 2.24) is 0 Å². The highest BCUT2D eigenvalue weighted by Crippen LogP contribution is 2.29. The Morgan fingerprint density at radius 3 is 2.80 bits per heavy atom. The zero-order valence-electron chi connectivity index (χ0n) is 15.6. The fraction of sp³-hybridized carbons (Fsp3) is 0.211. The number of carbonyl (C=O) groups is 3. The van der Waals surface area contributed by atoms with Gasteiger partial charge in [0, 0.05) is 11.8 Å². The van der Waals surface area contributed by atoms with Crippen molar-refractivity contribution in [2.75, 3.05) is 10.6 Å². The van der Waals surface area contributed by atoms with Crippen LogP contribution in [-0.2, 0) is 19.1 Å². The molecule has 0 fully saturated rings. The Labute approximate surface area is 169 Å². The highest BCUT2D eigenvalue weighted by atomic mass is 19.1. The van der Waals surface area contributed by atoms with Gasteiger partial charge in [-0.05, 0) is 31.2 Å². The second-order valence-electron chi connectivity index (χ2n) is 6.34. The number of nitrogens with one attached hydrogen (secondary N) is 2. The maximum atomic E-state index is 13.4. The summed E-state index contributed by atoms with van der Waals surface area (Å²) in [4.78, 5) is 46.2. The molecule has 0 saturated carbocycles. The molecule has 1 aliphatic heterocycles. The number of carbonyl (C=O) groups excluding carboxylic acids is 3. The van der Waals surface area contributed by atoms with Crippen molar-refractivity contribution in [3.63, 3.8) is 0 Å². The predicted molar refractivity (Wildman–Crippen MR) is 101 cm³/mol. The van der Waals surface area contributed by atoms with E-state index in [1.807, 2.05) is 0 Å². The molecule has 11 heteroatoms. The maximum absolute atomic E-state index is 13.4. The van der Waals surface area contributed by atoms with Crippen LogP contribution in [0.1, 0.15) is 13.3 Å². The number of anilines is 2. The minimum atomic E-state index is -1.28. The van der Waals surface area contributed by atoms with Gasteiger partial charge >= 0.3 is 11.7 Å². The standard InChI is InChI=1S/C19H16FN3O7/c1-10(18(25)21-11-6-7-12(20)14(8-11)23(27)28)29-17(24)9-16-19(26)22-13-4-2-3-5-15(13)30-16/h2-8,10,16H,9H2,1H3,(H,21,25)(H,22,26). The normalized spacial score (nSPS) is 15.8. The average molecular weight is 417 g/mol. The second kappa shape index (κ2) is 8.55. The third-order valence-electron chi connectivity index (χ3n) is 4.15. The summed E-state index contributed by atoms with van der Waals surface area (Å²) in [6.45, 7) is 1.28. The van der Waals surface area contributed by atoms with Crippen LogP contribution in [0.5, 0.6) is 5.75 Å². The van der Waals surface area contributed by atoms with Crippen LogP contribution in [0, 0.1) is 15.9 Å². The van der Waals surface area contributed by atoms with Gasteiger partial charge in [-0.15, -0.1) is 0 Å². The lowest BCUT2D eigenvalue weighted by atomic mass is 10.1. The molecule has 0 radical (unpaired) electrons. The number of benzene rings is 2. The minimum absolute atomic E-state index is 0.0393. The molecule has 0 aliphatic carbocycles. The van der Waals surface area contributed by atoms with E-state index in [1.54, 1.807) is 24.3 Å². The van der Waals surface area contributed by atoms with Crippen molar-refractivity contribution in [2.24, 2.45) is 0 Å². The molecular weight excluding hydrogens is 401 g/mol. The van der Waals surface area contributed by atoms with Gasteiger partial charge in [0.2, 0.25) is 5.82 Å². The van der Waals surface area contributed by atoms with E-state index in [1.165, 1.54) is 6.92 Å². The summed E-state index contributed by atoms with van der Waals surface area (Å²) in [6, 6.07) is 9.51. The van der Waals surface area contributed by atoms with Crippen LogP contribution in [0.2, 0.25) is 0 Å². The van der Waals surface area contributed by atoms with Gasteiger partial charge in [-0.3, -0.25) is 24.5 Å². The summed E-state index contributed by atoms with van der Waals surface area (Å²) in [6.07, 6.45) is -2.83. The molecule has 1 heterocycles. The number of fused-ring (bicyclic) bond motifs is 1. The molecule has 30 heavy (non-hydrogen) atoms. The van der Waals surface area contributed by atoms with E-state index in [2.05, 4.69) is 10.6 Å². The summed E-state index contributed by atoms with van der Waals surface area (Å²) in [5.74, 6) is -2.82. The average Bonchev–Trinajstić information content (AvgIpc) is 2.69. The summed E-state index contributed by atoms with van der Waals surface area (Å²) >= 11 is 0. The van der Waals surface area contributed by atoms with E-state index >= 15 is 0 Å². The van der Waals surface area contributed by atoms with Gasteiger partial charge in [0.15, 0.2) is 12.2 Å². The molecule has 3 rings (SSSR count). The van der Waals surface area contributed by atoms with Crippen LogP contribution in [0.25, 0.3) is 0 Å². The van der Waals surface area contributed by atoms with E-state index in [0.717, 1.165) is 18.2 Å². The number of amides is 2. The molecule has 0 aromatic heterocycles. The first-order valence-electron chi connectivity index (χ1n) is 8.75. The predicted octanol–water partition coefficient (Wildman–Crippen LogP) is 2.39. The summed E-state index contributed by atoms with van der Waals surface area (Å²) < 4.78 is 23.9. The van der Waals surface area contributed by atoms with Gasteiger partial charge < -0.3 is 20.1 Å². The number of esters is 1. The molecule has 0 bridgehead atoms. The Morgan fingerprint density at radius 2 is 2.07 bits per heavy atom. The van der Waals surface area contributed by atoms with Crippen molar-refractivity contribution in [2.45, 2.75) is 25.6 Å². The highest BCUT2D eigenvalue weighted by molar-refractivity contribution is 6.00. The van der Waals surface area contributed by atoms with Crippen LogP contribution in [0.15, 0.2) is 42.5 Å². The van der Waals surface area contributed by atoms with Gasteiger partial charge in [0.1, 0.15) is 5.75 Å². The number of nitro benzene ring substituents is 1. The number of halogens is 1. The van der Waals surface area contributed by atoms with Gasteiger partial charge in [0.05, 0.1) is 17.0 Å². The Morgan fingerprint density at radius 1 is 1.33 bits per heavy atom.